The van der Waals surface area contributed by atoms with E-state index >= 15 is 0 Å². The number of alkyl halides is 2. The summed E-state index contributed by atoms with van der Waals surface area (Å²) < 4.78 is 6.78. The van der Waals surface area contributed by atoms with E-state index in [-0.39, 0.29) is 11.0 Å². The normalized spacial score (nSPS) is 10.4. The van der Waals surface area contributed by atoms with Gasteiger partial charge in [0, 0.05) is 14.3 Å². The SMILES string of the molecule is C=C(C#N)C(=O)OCC(C)(CI)CI. The second-order valence-electron chi connectivity index (χ2n) is 3.24. The van der Waals surface area contributed by atoms with Crippen molar-refractivity contribution in [2.75, 3.05) is 15.5 Å². The van der Waals surface area contributed by atoms with Crippen LogP contribution >= 0.6 is 45.2 Å². The molecule has 0 rings (SSSR count). The Kier molecular flexibility index (Phi) is 6.68. The van der Waals surface area contributed by atoms with Gasteiger partial charge >= 0.3 is 5.97 Å². The molecule has 0 aromatic rings. The fourth-order valence-electron chi connectivity index (χ4n) is 0.485. The van der Waals surface area contributed by atoms with Crippen molar-refractivity contribution in [3.05, 3.63) is 12.2 Å². The Morgan fingerprint density at radius 2 is 2.07 bits per heavy atom. The van der Waals surface area contributed by atoms with Crippen molar-refractivity contribution in [2.45, 2.75) is 6.92 Å². The number of hydrogen-bond donors (Lipinski definition) is 0. The molecule has 0 bridgehead atoms. The lowest BCUT2D eigenvalue weighted by molar-refractivity contribution is -0.140. The largest absolute Gasteiger partial charge is 0.461 e. The van der Waals surface area contributed by atoms with Gasteiger partial charge < -0.3 is 4.74 Å². The van der Waals surface area contributed by atoms with Gasteiger partial charge in [0.05, 0.1) is 6.61 Å². The van der Waals surface area contributed by atoms with Crippen LogP contribution in [0, 0.1) is 16.7 Å². The average Bonchev–Trinajstić information content (AvgIpc) is 2.24. The van der Waals surface area contributed by atoms with Gasteiger partial charge in [-0.1, -0.05) is 58.7 Å². The molecule has 0 aromatic carbocycles. The van der Waals surface area contributed by atoms with Crippen LogP contribution < -0.4 is 0 Å². The number of esters is 1. The number of hydrogen-bond acceptors (Lipinski definition) is 3. The van der Waals surface area contributed by atoms with E-state index in [0.29, 0.717) is 6.61 Å². The van der Waals surface area contributed by atoms with Crippen LogP contribution in [-0.2, 0) is 9.53 Å². The van der Waals surface area contributed by atoms with E-state index in [2.05, 4.69) is 51.8 Å². The molecule has 78 valence electrons. The Bertz CT molecular complexity index is 266. The highest BCUT2D eigenvalue weighted by atomic mass is 127. The Morgan fingerprint density at radius 3 is 2.43 bits per heavy atom. The van der Waals surface area contributed by atoms with E-state index in [1.807, 2.05) is 6.92 Å². The van der Waals surface area contributed by atoms with Crippen LogP contribution in [0.1, 0.15) is 6.92 Å². The molecule has 0 saturated carbocycles. The Morgan fingerprint density at radius 1 is 1.57 bits per heavy atom. The van der Waals surface area contributed by atoms with Gasteiger partial charge in [-0.05, 0) is 0 Å². The van der Waals surface area contributed by atoms with Gasteiger partial charge in [0.15, 0.2) is 0 Å². The quantitative estimate of drug-likeness (QED) is 0.226. The first-order chi connectivity index (χ1) is 6.49. The van der Waals surface area contributed by atoms with Gasteiger partial charge in [-0.25, -0.2) is 4.79 Å². The van der Waals surface area contributed by atoms with E-state index in [0.717, 1.165) is 8.86 Å². The summed E-state index contributed by atoms with van der Waals surface area (Å²) in [6.45, 7) is 5.65. The third-order valence-corrected chi connectivity index (χ3v) is 5.26. The summed E-state index contributed by atoms with van der Waals surface area (Å²) >= 11 is 4.51. The Balaban J connectivity index is 4.13. The Labute approximate surface area is 111 Å². The second-order valence-corrected chi connectivity index (χ2v) is 4.77. The molecule has 0 saturated heterocycles. The standard InChI is InChI=1S/C9H11I2NO2/c1-7(3-12)8(13)14-6-9(2,4-10)5-11/h1,4-6H2,2H3. The molecule has 0 spiro atoms. The number of rotatable bonds is 5. The van der Waals surface area contributed by atoms with Crippen molar-refractivity contribution in [3.63, 3.8) is 0 Å². The first kappa shape index (κ1) is 14.2. The maximum atomic E-state index is 11.1. The maximum Gasteiger partial charge on any atom is 0.348 e. The van der Waals surface area contributed by atoms with Crippen molar-refractivity contribution < 1.29 is 9.53 Å². The third-order valence-electron chi connectivity index (χ3n) is 1.58. The van der Waals surface area contributed by atoms with E-state index in [1.165, 1.54) is 0 Å². The molecule has 0 fully saturated rings. The van der Waals surface area contributed by atoms with Crippen LogP contribution in [0.4, 0.5) is 0 Å². The summed E-state index contributed by atoms with van der Waals surface area (Å²) in [5.74, 6) is -0.617. The van der Waals surface area contributed by atoms with Crippen molar-refractivity contribution in [3.8, 4) is 6.07 Å². The van der Waals surface area contributed by atoms with E-state index in [4.69, 9.17) is 10.00 Å². The van der Waals surface area contributed by atoms with Crippen molar-refractivity contribution in [2.24, 2.45) is 5.41 Å². The lowest BCUT2D eigenvalue weighted by Gasteiger charge is -2.23. The number of nitriles is 1. The molecule has 0 amide bonds. The highest BCUT2D eigenvalue weighted by molar-refractivity contribution is 14.1. The smallest absolute Gasteiger partial charge is 0.348 e. The first-order valence-corrected chi connectivity index (χ1v) is 6.92. The average molecular weight is 419 g/mol. The molecule has 5 heteroatoms. The molecule has 0 aromatic heterocycles. The minimum Gasteiger partial charge on any atom is -0.461 e. The van der Waals surface area contributed by atoms with E-state index in [1.54, 1.807) is 6.07 Å². The molecular formula is C9H11I2NO2. The minimum atomic E-state index is -0.617. The molecule has 0 heterocycles. The predicted molar refractivity (Wildman–Crippen MR) is 71.6 cm³/mol. The van der Waals surface area contributed by atoms with Crippen molar-refractivity contribution in [1.82, 2.24) is 0 Å². The van der Waals surface area contributed by atoms with Crippen LogP contribution in [0.2, 0.25) is 0 Å². The van der Waals surface area contributed by atoms with Crippen LogP contribution in [-0.4, -0.2) is 21.4 Å². The van der Waals surface area contributed by atoms with Crippen LogP contribution in [0.25, 0.3) is 0 Å². The van der Waals surface area contributed by atoms with Gasteiger partial charge in [-0.3, -0.25) is 0 Å². The number of carbonyl (C=O) groups excluding carboxylic acids is 1. The topological polar surface area (TPSA) is 50.1 Å². The fourth-order valence-corrected chi connectivity index (χ4v) is 2.50. The van der Waals surface area contributed by atoms with Crippen molar-refractivity contribution in [1.29, 1.82) is 5.26 Å². The highest BCUT2D eigenvalue weighted by Gasteiger charge is 2.24. The van der Waals surface area contributed by atoms with Crippen LogP contribution in [0.15, 0.2) is 12.2 Å². The predicted octanol–water partition coefficient (Wildman–Crippen LogP) is 2.49. The zero-order valence-electron chi connectivity index (χ0n) is 7.85. The van der Waals surface area contributed by atoms with Gasteiger partial charge in [0.1, 0.15) is 11.6 Å². The van der Waals surface area contributed by atoms with Gasteiger partial charge in [0.25, 0.3) is 0 Å². The zero-order valence-corrected chi connectivity index (χ0v) is 12.2. The van der Waals surface area contributed by atoms with Crippen LogP contribution in [0.3, 0.4) is 0 Å². The summed E-state index contributed by atoms with van der Waals surface area (Å²) in [6, 6.07) is 1.66. The summed E-state index contributed by atoms with van der Waals surface area (Å²) in [4.78, 5) is 11.1. The lowest BCUT2D eigenvalue weighted by atomic mass is 9.98. The fraction of sp³-hybridized carbons (Fsp3) is 0.556. The van der Waals surface area contributed by atoms with Gasteiger partial charge in [0.2, 0.25) is 0 Å². The zero-order chi connectivity index (χ0) is 11.2. The van der Waals surface area contributed by atoms with Gasteiger partial charge in [-0.2, -0.15) is 5.26 Å². The molecule has 0 aliphatic rings. The Hall–Kier alpha value is 0.160. The number of halogens is 2. The lowest BCUT2D eigenvalue weighted by Crippen LogP contribution is -2.28. The molecule has 0 aliphatic carbocycles. The molecule has 0 N–H and O–H groups in total. The second kappa shape index (κ2) is 6.61. The molecule has 0 atom stereocenters. The number of nitrogens with zero attached hydrogens (tertiary/aromatic N) is 1. The third kappa shape index (κ3) is 4.59. The van der Waals surface area contributed by atoms with E-state index in [9.17, 15) is 4.79 Å². The molecular weight excluding hydrogens is 408 g/mol. The first-order valence-electron chi connectivity index (χ1n) is 3.87. The molecule has 0 radical (unpaired) electrons. The number of ether oxygens (including phenoxy) is 1. The molecule has 3 nitrogen and oxygen atoms in total. The molecule has 0 unspecified atom stereocenters. The monoisotopic (exact) mass is 419 g/mol. The van der Waals surface area contributed by atoms with Gasteiger partial charge in [-0.15, -0.1) is 0 Å². The minimum absolute atomic E-state index is 0.0213. The summed E-state index contributed by atoms with van der Waals surface area (Å²) in [7, 11) is 0. The molecule has 0 aliphatic heterocycles. The maximum absolute atomic E-state index is 11.1. The van der Waals surface area contributed by atoms with E-state index < -0.39 is 5.97 Å². The summed E-state index contributed by atoms with van der Waals surface area (Å²) in [6.07, 6.45) is 0. The highest BCUT2D eigenvalue weighted by Crippen LogP contribution is 2.23. The number of carbonyl (C=O) groups is 1. The van der Waals surface area contributed by atoms with Crippen molar-refractivity contribution >= 4 is 51.2 Å². The summed E-state index contributed by atoms with van der Waals surface area (Å²) in [5, 5.41) is 8.40. The van der Waals surface area contributed by atoms with Crippen LogP contribution in [0.5, 0.6) is 0 Å². The molecule has 14 heavy (non-hydrogen) atoms. The summed E-state index contributed by atoms with van der Waals surface area (Å²) in [5.41, 5.74) is -0.166.